The van der Waals surface area contributed by atoms with Crippen molar-refractivity contribution in [3.8, 4) is 10.6 Å². The van der Waals surface area contributed by atoms with Gasteiger partial charge in [-0.2, -0.15) is 0 Å². The maximum Gasteiger partial charge on any atom is 0.267 e. The number of carbonyl (C=O) groups excluding carboxylic acids is 1. The average Bonchev–Trinajstić information content (AvgIpc) is 3.30. The summed E-state index contributed by atoms with van der Waals surface area (Å²) in [5.41, 5.74) is 3.73. The topological polar surface area (TPSA) is 42.0 Å². The number of aromatic nitrogens is 1. The molecule has 0 saturated carbocycles. The fourth-order valence-corrected chi connectivity index (χ4v) is 5.95. The van der Waals surface area contributed by atoms with Gasteiger partial charge in [0.25, 0.3) is 5.91 Å². The number of rotatable bonds is 3. The van der Waals surface area contributed by atoms with E-state index in [9.17, 15) is 4.79 Å². The number of aryl methyl sites for hydroxylation is 1. The zero-order valence-electron chi connectivity index (χ0n) is 15.7. The summed E-state index contributed by atoms with van der Waals surface area (Å²) in [7, 11) is 0. The van der Waals surface area contributed by atoms with E-state index >= 15 is 0 Å². The zero-order chi connectivity index (χ0) is 20.8. The van der Waals surface area contributed by atoms with Crippen molar-refractivity contribution >= 4 is 77.8 Å². The lowest BCUT2D eigenvalue weighted by Crippen LogP contribution is -2.11. The Bertz CT molecular complexity index is 1410. The lowest BCUT2D eigenvalue weighted by atomic mass is 10.1. The van der Waals surface area contributed by atoms with Crippen molar-refractivity contribution < 1.29 is 4.79 Å². The molecule has 7 heteroatoms. The van der Waals surface area contributed by atoms with E-state index in [1.54, 1.807) is 17.4 Å². The molecule has 2 heterocycles. The summed E-state index contributed by atoms with van der Waals surface area (Å²) >= 11 is 15.5. The monoisotopic (exact) mass is 468 g/mol. The van der Waals surface area contributed by atoms with Crippen molar-refractivity contribution in [3.63, 3.8) is 0 Å². The van der Waals surface area contributed by atoms with E-state index in [1.807, 2.05) is 55.5 Å². The predicted octanol–water partition coefficient (Wildman–Crippen LogP) is 8.05. The first-order valence-electron chi connectivity index (χ1n) is 9.15. The number of nitrogens with one attached hydrogen (secondary N) is 1. The van der Waals surface area contributed by atoms with Gasteiger partial charge < -0.3 is 5.32 Å². The molecule has 3 nitrogen and oxygen atoms in total. The minimum Gasteiger partial charge on any atom is -0.321 e. The van der Waals surface area contributed by atoms with Gasteiger partial charge >= 0.3 is 0 Å². The van der Waals surface area contributed by atoms with E-state index in [-0.39, 0.29) is 5.91 Å². The highest BCUT2D eigenvalue weighted by atomic mass is 35.5. The van der Waals surface area contributed by atoms with Crippen LogP contribution in [0.1, 0.15) is 15.2 Å². The maximum absolute atomic E-state index is 12.9. The molecule has 5 aromatic rings. The van der Waals surface area contributed by atoms with Gasteiger partial charge in [-0.25, -0.2) is 4.98 Å². The van der Waals surface area contributed by atoms with E-state index in [0.717, 1.165) is 42.1 Å². The molecule has 2 aromatic heterocycles. The number of amides is 1. The van der Waals surface area contributed by atoms with E-state index in [4.69, 9.17) is 28.2 Å². The SMILES string of the molecule is Cc1cc(-c2nc3ccccc3s2)ccc1NC(=O)c1sc2cc(Cl)ccc2c1Cl. The van der Waals surface area contributed by atoms with Crippen LogP contribution in [0.3, 0.4) is 0 Å². The van der Waals surface area contributed by atoms with Crippen molar-refractivity contribution in [2.75, 3.05) is 5.32 Å². The van der Waals surface area contributed by atoms with E-state index in [2.05, 4.69) is 11.4 Å². The average molecular weight is 469 g/mol. The molecule has 0 bridgehead atoms. The first-order chi connectivity index (χ1) is 14.5. The minimum atomic E-state index is -0.229. The highest BCUT2D eigenvalue weighted by Gasteiger charge is 2.18. The van der Waals surface area contributed by atoms with Crippen LogP contribution >= 0.6 is 45.9 Å². The molecule has 0 saturated heterocycles. The third kappa shape index (κ3) is 3.48. The maximum atomic E-state index is 12.9. The standard InChI is InChI=1S/C23H14Cl2N2OS2/c1-12-10-13(23-27-17-4-2-3-5-18(17)30-23)6-9-16(12)26-22(28)21-20(25)15-8-7-14(24)11-19(15)29-21/h2-11H,1H3,(H,26,28). The van der Waals surface area contributed by atoms with Crippen molar-refractivity contribution in [1.29, 1.82) is 0 Å². The predicted molar refractivity (Wildman–Crippen MR) is 130 cm³/mol. The fraction of sp³-hybridized carbons (Fsp3) is 0.0435. The minimum absolute atomic E-state index is 0.229. The molecular weight excluding hydrogens is 455 g/mol. The van der Waals surface area contributed by atoms with Gasteiger partial charge in [-0.15, -0.1) is 22.7 Å². The van der Waals surface area contributed by atoms with E-state index in [1.165, 1.54) is 11.3 Å². The molecule has 0 unspecified atom stereocenters. The molecule has 3 aromatic carbocycles. The van der Waals surface area contributed by atoms with Gasteiger partial charge in [-0.05, 0) is 55.0 Å². The number of benzene rings is 3. The molecule has 148 valence electrons. The second kappa shape index (κ2) is 7.67. The number of thiazole rings is 1. The van der Waals surface area contributed by atoms with Crippen LogP contribution in [0.15, 0.2) is 60.7 Å². The number of para-hydroxylation sites is 1. The van der Waals surface area contributed by atoms with Crippen LogP contribution in [0.2, 0.25) is 10.0 Å². The molecule has 0 atom stereocenters. The summed E-state index contributed by atoms with van der Waals surface area (Å²) in [6, 6.07) is 19.4. The molecule has 0 aliphatic rings. The van der Waals surface area contributed by atoms with Crippen LogP contribution in [0.5, 0.6) is 0 Å². The third-order valence-electron chi connectivity index (χ3n) is 4.81. The molecule has 30 heavy (non-hydrogen) atoms. The lowest BCUT2D eigenvalue weighted by molar-refractivity contribution is 0.103. The summed E-state index contributed by atoms with van der Waals surface area (Å²) in [6.45, 7) is 1.97. The van der Waals surface area contributed by atoms with Gasteiger partial charge in [-0.3, -0.25) is 4.79 Å². The molecule has 0 aliphatic heterocycles. The molecule has 0 fully saturated rings. The Morgan fingerprint density at radius 3 is 2.60 bits per heavy atom. The highest BCUT2D eigenvalue weighted by molar-refractivity contribution is 7.22. The van der Waals surface area contributed by atoms with Gasteiger partial charge in [-0.1, -0.05) is 41.4 Å². The van der Waals surface area contributed by atoms with Gasteiger partial charge in [0.05, 0.1) is 15.2 Å². The second-order valence-electron chi connectivity index (χ2n) is 6.86. The molecule has 5 rings (SSSR count). The smallest absolute Gasteiger partial charge is 0.267 e. The first kappa shape index (κ1) is 19.5. The van der Waals surface area contributed by atoms with Crippen LogP contribution in [0.25, 0.3) is 30.9 Å². The van der Waals surface area contributed by atoms with Crippen molar-refractivity contribution in [1.82, 2.24) is 4.98 Å². The number of carbonyl (C=O) groups is 1. The number of thiophene rings is 1. The van der Waals surface area contributed by atoms with Crippen molar-refractivity contribution in [2.45, 2.75) is 6.92 Å². The van der Waals surface area contributed by atoms with E-state index in [0.29, 0.717) is 14.9 Å². The van der Waals surface area contributed by atoms with Crippen LogP contribution in [-0.2, 0) is 0 Å². The van der Waals surface area contributed by atoms with Crippen LogP contribution in [0, 0.1) is 6.92 Å². The summed E-state index contributed by atoms with van der Waals surface area (Å²) in [5, 5.41) is 5.85. The molecule has 1 N–H and O–H groups in total. The Hall–Kier alpha value is -2.44. The summed E-state index contributed by atoms with van der Waals surface area (Å²) in [6.07, 6.45) is 0. The van der Waals surface area contributed by atoms with Gasteiger partial charge in [0, 0.05) is 26.4 Å². The quantitative estimate of drug-likeness (QED) is 0.291. The Morgan fingerprint density at radius 1 is 0.967 bits per heavy atom. The Morgan fingerprint density at radius 2 is 1.80 bits per heavy atom. The summed E-state index contributed by atoms with van der Waals surface area (Å²) in [5.74, 6) is -0.229. The van der Waals surface area contributed by atoms with Crippen LogP contribution in [0.4, 0.5) is 5.69 Å². The second-order valence-corrected chi connectivity index (χ2v) is 9.75. The molecule has 0 aliphatic carbocycles. The number of hydrogen-bond donors (Lipinski definition) is 1. The number of halogens is 2. The van der Waals surface area contributed by atoms with Crippen LogP contribution in [-0.4, -0.2) is 10.9 Å². The summed E-state index contributed by atoms with van der Waals surface area (Å²) < 4.78 is 2.04. The number of nitrogens with zero attached hydrogens (tertiary/aromatic N) is 1. The van der Waals surface area contributed by atoms with Gasteiger partial charge in [0.15, 0.2) is 0 Å². The number of anilines is 1. The number of fused-ring (bicyclic) bond motifs is 2. The molecule has 0 radical (unpaired) electrons. The summed E-state index contributed by atoms with van der Waals surface area (Å²) in [4.78, 5) is 18.1. The van der Waals surface area contributed by atoms with Crippen molar-refractivity contribution in [3.05, 3.63) is 81.1 Å². The highest BCUT2D eigenvalue weighted by Crippen LogP contribution is 2.37. The van der Waals surface area contributed by atoms with Gasteiger partial charge in [0.1, 0.15) is 9.88 Å². The first-order valence-corrected chi connectivity index (χ1v) is 11.5. The zero-order valence-corrected chi connectivity index (χ0v) is 18.8. The molecule has 1 amide bonds. The number of hydrogen-bond acceptors (Lipinski definition) is 4. The van der Waals surface area contributed by atoms with Gasteiger partial charge in [0.2, 0.25) is 0 Å². The van der Waals surface area contributed by atoms with E-state index < -0.39 is 0 Å². The normalized spacial score (nSPS) is 11.3. The molecule has 0 spiro atoms. The van der Waals surface area contributed by atoms with Crippen molar-refractivity contribution in [2.24, 2.45) is 0 Å². The Balaban J connectivity index is 1.44. The van der Waals surface area contributed by atoms with Crippen LogP contribution < -0.4 is 5.32 Å². The lowest BCUT2D eigenvalue weighted by Gasteiger charge is -2.09. The molecular formula is C23H14Cl2N2OS2. The largest absolute Gasteiger partial charge is 0.321 e. The Kier molecular flexibility index (Phi) is 4.99. The third-order valence-corrected chi connectivity index (χ3v) is 7.79. The fourth-order valence-electron chi connectivity index (χ4n) is 3.30. The Labute approximate surface area is 190 Å².